The summed E-state index contributed by atoms with van der Waals surface area (Å²) in [7, 11) is 0. The van der Waals surface area contributed by atoms with E-state index in [0.29, 0.717) is 13.0 Å². The van der Waals surface area contributed by atoms with E-state index in [0.717, 1.165) is 19.3 Å². The molecule has 0 aliphatic heterocycles. The first-order valence-electron chi connectivity index (χ1n) is 14.0. The third-order valence-electron chi connectivity index (χ3n) is 6.01. The van der Waals surface area contributed by atoms with Crippen LogP contribution in [0.1, 0.15) is 168 Å². The maximum Gasteiger partial charge on any atom is 0.303 e. The third kappa shape index (κ3) is 37.1. The zero-order chi connectivity index (χ0) is 23.3. The van der Waals surface area contributed by atoms with E-state index >= 15 is 0 Å². The molecule has 0 aromatic carbocycles. The molecule has 0 saturated carbocycles. The number of rotatable bonds is 24. The van der Waals surface area contributed by atoms with Gasteiger partial charge >= 0.3 is 5.97 Å². The second-order valence-corrected chi connectivity index (χ2v) is 9.29. The number of unbranched alkanes of at least 4 members (excludes halogenated alkanes) is 21. The highest BCUT2D eigenvalue weighted by Crippen LogP contribution is 2.13. The number of carboxylic acid groups (broad SMARTS) is 1. The highest BCUT2D eigenvalue weighted by Gasteiger charge is 1.96. The third-order valence-corrected chi connectivity index (χ3v) is 6.01. The van der Waals surface area contributed by atoms with E-state index in [-0.39, 0.29) is 0 Å². The number of aliphatic hydroxyl groups is 1. The molecular weight excluding hydrogens is 384 g/mol. The lowest BCUT2D eigenvalue weighted by atomic mass is 10.0. The van der Waals surface area contributed by atoms with Gasteiger partial charge in [-0.2, -0.15) is 0 Å². The Labute approximate surface area is 195 Å². The number of aliphatic carboxylic acids is 1. The Morgan fingerprint density at radius 1 is 0.452 bits per heavy atom. The molecule has 0 rings (SSSR count). The summed E-state index contributed by atoms with van der Waals surface area (Å²) in [6.45, 7) is 4.88. The predicted molar refractivity (Wildman–Crippen MR) is 137 cm³/mol. The molecule has 0 fully saturated rings. The van der Waals surface area contributed by atoms with Crippen LogP contribution in [0.2, 0.25) is 0 Å². The summed E-state index contributed by atoms with van der Waals surface area (Å²) in [5.74, 6) is -0.659. The van der Waals surface area contributed by atoms with Crippen molar-refractivity contribution in [2.75, 3.05) is 6.61 Å². The van der Waals surface area contributed by atoms with Crippen molar-refractivity contribution in [2.24, 2.45) is 0 Å². The summed E-state index contributed by atoms with van der Waals surface area (Å²) in [6, 6.07) is 0. The highest BCUT2D eigenvalue weighted by atomic mass is 16.4. The summed E-state index contributed by atoms with van der Waals surface area (Å²) in [6.07, 6.45) is 30.7. The number of hydrogen-bond acceptors (Lipinski definition) is 2. The summed E-state index contributed by atoms with van der Waals surface area (Å²) >= 11 is 0. The van der Waals surface area contributed by atoms with Crippen molar-refractivity contribution in [2.45, 2.75) is 168 Å². The van der Waals surface area contributed by atoms with Crippen LogP contribution in [-0.2, 0) is 4.79 Å². The first-order valence-corrected chi connectivity index (χ1v) is 14.0. The molecule has 0 atom stereocenters. The van der Waals surface area contributed by atoms with Gasteiger partial charge in [-0.25, -0.2) is 0 Å². The lowest BCUT2D eigenvalue weighted by molar-refractivity contribution is -0.137. The van der Waals surface area contributed by atoms with Gasteiger partial charge in [0.15, 0.2) is 0 Å². The molecule has 0 heterocycles. The van der Waals surface area contributed by atoms with Crippen LogP contribution in [0.5, 0.6) is 0 Å². The van der Waals surface area contributed by atoms with Gasteiger partial charge in [0.05, 0.1) is 0 Å². The molecule has 0 bridgehead atoms. The van der Waals surface area contributed by atoms with Gasteiger partial charge in [-0.15, -0.1) is 0 Å². The van der Waals surface area contributed by atoms with Crippen molar-refractivity contribution in [3.8, 4) is 0 Å². The lowest BCUT2D eigenvalue weighted by Gasteiger charge is -2.02. The first kappa shape index (κ1) is 32.6. The van der Waals surface area contributed by atoms with E-state index in [1.54, 1.807) is 0 Å². The molecule has 0 spiro atoms. The summed E-state index contributed by atoms with van der Waals surface area (Å²) < 4.78 is 0. The van der Waals surface area contributed by atoms with Crippen molar-refractivity contribution in [3.63, 3.8) is 0 Å². The van der Waals surface area contributed by atoms with Gasteiger partial charge in [0.25, 0.3) is 0 Å². The monoisotopic (exact) mass is 442 g/mol. The molecular formula is C28H58O3. The Morgan fingerprint density at radius 2 is 0.710 bits per heavy atom. The van der Waals surface area contributed by atoms with Gasteiger partial charge in [-0.05, 0) is 12.8 Å². The quantitative estimate of drug-likeness (QED) is 0.146. The molecule has 0 radical (unpaired) electrons. The fraction of sp³-hybridized carbons (Fsp3) is 0.964. The fourth-order valence-corrected chi connectivity index (χ4v) is 3.89. The molecule has 31 heavy (non-hydrogen) atoms. The second-order valence-electron chi connectivity index (χ2n) is 9.29. The lowest BCUT2D eigenvalue weighted by Crippen LogP contribution is -1.93. The van der Waals surface area contributed by atoms with E-state index < -0.39 is 5.97 Å². The van der Waals surface area contributed by atoms with Crippen molar-refractivity contribution >= 4 is 5.97 Å². The summed E-state index contributed by atoms with van der Waals surface area (Å²) in [5, 5.41) is 17.1. The van der Waals surface area contributed by atoms with Crippen molar-refractivity contribution in [1.82, 2.24) is 0 Å². The second kappa shape index (κ2) is 31.6. The van der Waals surface area contributed by atoms with E-state index in [1.165, 1.54) is 128 Å². The highest BCUT2D eigenvalue weighted by molar-refractivity contribution is 5.66. The van der Waals surface area contributed by atoms with Crippen molar-refractivity contribution in [1.29, 1.82) is 0 Å². The molecule has 0 aromatic rings. The first-order chi connectivity index (χ1) is 15.2. The molecule has 0 aliphatic rings. The molecule has 3 nitrogen and oxygen atoms in total. The average Bonchev–Trinajstić information content (AvgIpc) is 2.76. The zero-order valence-corrected chi connectivity index (χ0v) is 21.5. The van der Waals surface area contributed by atoms with E-state index in [1.807, 2.05) is 0 Å². The maximum absolute atomic E-state index is 10.2. The minimum Gasteiger partial charge on any atom is -0.481 e. The smallest absolute Gasteiger partial charge is 0.303 e. The predicted octanol–water partition coefficient (Wildman–Crippen LogP) is 9.45. The molecule has 2 N–H and O–H groups in total. The average molecular weight is 443 g/mol. The minimum absolute atomic E-state index is 0.343. The van der Waals surface area contributed by atoms with Gasteiger partial charge in [-0.1, -0.05) is 149 Å². The SMILES string of the molecule is CCCCCCCCCCCC(=O)O.CCCCCCCCCCCCCCCCO. The van der Waals surface area contributed by atoms with Crippen molar-refractivity contribution < 1.29 is 15.0 Å². The Hall–Kier alpha value is -0.570. The van der Waals surface area contributed by atoms with E-state index in [9.17, 15) is 4.79 Å². The van der Waals surface area contributed by atoms with Crippen LogP contribution in [0.3, 0.4) is 0 Å². The molecule has 0 aliphatic carbocycles. The van der Waals surface area contributed by atoms with Crippen LogP contribution in [0.4, 0.5) is 0 Å². The van der Waals surface area contributed by atoms with Crippen LogP contribution in [-0.4, -0.2) is 22.8 Å². The molecule has 188 valence electrons. The van der Waals surface area contributed by atoms with Gasteiger partial charge < -0.3 is 10.2 Å². The van der Waals surface area contributed by atoms with Crippen molar-refractivity contribution in [3.05, 3.63) is 0 Å². The molecule has 0 amide bonds. The standard InChI is InChI=1S/C16H34O.C12H24O2/c1-2-3-4-5-6-7-8-9-10-11-12-13-14-15-16-17;1-2-3-4-5-6-7-8-9-10-11-12(13)14/h17H,2-16H2,1H3;2-11H2,1H3,(H,13,14). The molecule has 0 aromatic heterocycles. The Bertz CT molecular complexity index is 303. The number of hydrogen-bond donors (Lipinski definition) is 2. The Morgan fingerprint density at radius 3 is 0.968 bits per heavy atom. The maximum atomic E-state index is 10.2. The number of carboxylic acids is 1. The van der Waals surface area contributed by atoms with Gasteiger partial charge in [0.2, 0.25) is 0 Å². The van der Waals surface area contributed by atoms with Crippen LogP contribution < -0.4 is 0 Å². The van der Waals surface area contributed by atoms with Crippen LogP contribution in [0.25, 0.3) is 0 Å². The fourth-order valence-electron chi connectivity index (χ4n) is 3.89. The summed E-state index contributed by atoms with van der Waals surface area (Å²) in [5.41, 5.74) is 0. The minimum atomic E-state index is -0.659. The molecule has 3 heteroatoms. The Kier molecular flexibility index (Phi) is 33.3. The van der Waals surface area contributed by atoms with Gasteiger partial charge in [0.1, 0.15) is 0 Å². The number of carbonyl (C=O) groups is 1. The largest absolute Gasteiger partial charge is 0.481 e. The van der Waals surface area contributed by atoms with Gasteiger partial charge in [-0.3, -0.25) is 4.79 Å². The van der Waals surface area contributed by atoms with E-state index in [4.69, 9.17) is 10.2 Å². The van der Waals surface area contributed by atoms with Crippen LogP contribution in [0, 0.1) is 0 Å². The molecule has 0 saturated heterocycles. The normalized spacial score (nSPS) is 10.7. The van der Waals surface area contributed by atoms with E-state index in [2.05, 4.69) is 13.8 Å². The molecule has 0 unspecified atom stereocenters. The number of aliphatic hydroxyl groups excluding tert-OH is 1. The van der Waals surface area contributed by atoms with Crippen LogP contribution in [0.15, 0.2) is 0 Å². The van der Waals surface area contributed by atoms with Gasteiger partial charge in [0, 0.05) is 13.0 Å². The Balaban J connectivity index is 0. The summed E-state index contributed by atoms with van der Waals surface area (Å²) in [4.78, 5) is 10.2. The van der Waals surface area contributed by atoms with Crippen LogP contribution >= 0.6 is 0 Å². The topological polar surface area (TPSA) is 57.5 Å². The zero-order valence-electron chi connectivity index (χ0n) is 21.5.